The average molecular weight is 471 g/mol. The maximum atomic E-state index is 14.7. The molecule has 0 aliphatic carbocycles. The van der Waals surface area contributed by atoms with Crippen molar-refractivity contribution in [3.05, 3.63) is 58.0 Å². The van der Waals surface area contributed by atoms with Gasteiger partial charge in [-0.3, -0.25) is 14.9 Å². The highest BCUT2D eigenvalue weighted by Crippen LogP contribution is 2.33. The average Bonchev–Trinajstić information content (AvgIpc) is 2.72. The lowest BCUT2D eigenvalue weighted by molar-refractivity contribution is -0.125. The lowest BCUT2D eigenvalue weighted by Gasteiger charge is -2.33. The molecular formula is C21H22ClF3N4O3. The molecule has 0 radical (unpaired) electrons. The lowest BCUT2D eigenvalue weighted by Crippen LogP contribution is -2.47. The molecule has 2 aromatic rings. The number of nitrogens with zero attached hydrogens (tertiary/aromatic N) is 1. The van der Waals surface area contributed by atoms with Crippen LogP contribution in [-0.4, -0.2) is 23.4 Å². The van der Waals surface area contributed by atoms with Gasteiger partial charge in [0, 0.05) is 42.8 Å². The summed E-state index contributed by atoms with van der Waals surface area (Å²) in [4.78, 5) is 28.0. The Morgan fingerprint density at radius 1 is 1.31 bits per heavy atom. The number of hydrogen-bond acceptors (Lipinski definition) is 5. The molecule has 2 heterocycles. The van der Waals surface area contributed by atoms with Crippen LogP contribution in [0.4, 0.5) is 13.2 Å². The Balaban J connectivity index is 1.82. The van der Waals surface area contributed by atoms with E-state index in [1.54, 1.807) is 13.8 Å². The fourth-order valence-corrected chi connectivity index (χ4v) is 3.57. The molecule has 1 aliphatic heterocycles. The van der Waals surface area contributed by atoms with Gasteiger partial charge in [0.2, 0.25) is 17.7 Å². The third kappa shape index (κ3) is 5.68. The molecule has 0 bridgehead atoms. The predicted molar refractivity (Wildman–Crippen MR) is 110 cm³/mol. The first kappa shape index (κ1) is 23.8. The van der Waals surface area contributed by atoms with Gasteiger partial charge in [-0.1, -0.05) is 37.6 Å². The number of pyridine rings is 1. The number of halogens is 4. The first-order valence-electron chi connectivity index (χ1n) is 9.86. The van der Waals surface area contributed by atoms with Crippen LogP contribution in [0.2, 0.25) is 5.02 Å². The van der Waals surface area contributed by atoms with E-state index in [1.807, 2.05) is 0 Å². The summed E-state index contributed by atoms with van der Waals surface area (Å²) in [7, 11) is 0. The van der Waals surface area contributed by atoms with Gasteiger partial charge in [0.1, 0.15) is 12.0 Å². The molecule has 0 spiro atoms. The second-order valence-corrected chi connectivity index (χ2v) is 7.92. The first-order valence-corrected chi connectivity index (χ1v) is 10.2. The second kappa shape index (κ2) is 10.2. The van der Waals surface area contributed by atoms with Crippen molar-refractivity contribution in [3.63, 3.8) is 0 Å². The molecule has 7 nitrogen and oxygen atoms in total. The van der Waals surface area contributed by atoms with E-state index in [9.17, 15) is 22.8 Å². The third-order valence-corrected chi connectivity index (χ3v) is 5.35. The van der Waals surface area contributed by atoms with Gasteiger partial charge >= 0.3 is 6.61 Å². The lowest BCUT2D eigenvalue weighted by atomic mass is 9.99. The minimum Gasteiger partial charge on any atom is -0.417 e. The summed E-state index contributed by atoms with van der Waals surface area (Å²) in [5.41, 5.74) is 1.06. The van der Waals surface area contributed by atoms with Crippen molar-refractivity contribution in [1.29, 1.82) is 0 Å². The molecule has 172 valence electrons. The van der Waals surface area contributed by atoms with Crippen molar-refractivity contribution >= 4 is 23.4 Å². The third-order valence-electron chi connectivity index (χ3n) is 4.91. The van der Waals surface area contributed by atoms with Gasteiger partial charge < -0.3 is 15.4 Å². The zero-order valence-corrected chi connectivity index (χ0v) is 18.1. The molecule has 1 fully saturated rings. The molecule has 1 aromatic carbocycles. The second-order valence-electron chi connectivity index (χ2n) is 7.54. The van der Waals surface area contributed by atoms with E-state index in [1.165, 1.54) is 30.5 Å². The highest BCUT2D eigenvalue weighted by atomic mass is 35.5. The maximum absolute atomic E-state index is 14.7. The minimum absolute atomic E-state index is 0.0244. The Bertz CT molecular complexity index is 989. The van der Waals surface area contributed by atoms with Crippen molar-refractivity contribution < 1.29 is 27.5 Å². The summed E-state index contributed by atoms with van der Waals surface area (Å²) in [6.07, 6.45) is 0.379. The van der Waals surface area contributed by atoms with E-state index in [0.29, 0.717) is 11.1 Å². The number of carbonyl (C=O) groups is 2. The topological polar surface area (TPSA) is 92.4 Å². The molecular weight excluding hydrogens is 449 g/mol. The maximum Gasteiger partial charge on any atom is 0.388 e. The molecule has 1 aromatic heterocycles. The molecule has 3 rings (SSSR count). The Labute approximate surface area is 187 Å². The molecule has 1 aliphatic rings. The number of carbonyl (C=O) groups excluding carboxylic acids is 2. The van der Waals surface area contributed by atoms with Crippen molar-refractivity contribution in [3.8, 4) is 5.88 Å². The van der Waals surface area contributed by atoms with E-state index in [4.69, 9.17) is 11.6 Å². The molecule has 32 heavy (non-hydrogen) atoms. The minimum atomic E-state index is -3.00. The van der Waals surface area contributed by atoms with Crippen molar-refractivity contribution in [1.82, 2.24) is 20.9 Å². The van der Waals surface area contributed by atoms with Crippen LogP contribution < -0.4 is 20.7 Å². The number of hydrogen-bond donors (Lipinski definition) is 3. The molecule has 0 saturated carbocycles. The van der Waals surface area contributed by atoms with E-state index < -0.39 is 24.6 Å². The molecule has 1 saturated heterocycles. The van der Waals surface area contributed by atoms with Gasteiger partial charge in [-0.2, -0.15) is 8.78 Å². The number of rotatable bonds is 7. The highest BCUT2D eigenvalue weighted by molar-refractivity contribution is 6.32. The Morgan fingerprint density at radius 3 is 2.69 bits per heavy atom. The molecule has 2 atom stereocenters. The van der Waals surface area contributed by atoms with Crippen LogP contribution in [0.25, 0.3) is 0 Å². The van der Waals surface area contributed by atoms with Gasteiger partial charge in [0.05, 0.1) is 5.02 Å². The fraction of sp³-hybridized carbons (Fsp3) is 0.381. The molecule has 2 unspecified atom stereocenters. The largest absolute Gasteiger partial charge is 0.417 e. The Kier molecular flexibility index (Phi) is 7.57. The van der Waals surface area contributed by atoms with Gasteiger partial charge in [-0.15, -0.1) is 0 Å². The van der Waals surface area contributed by atoms with Gasteiger partial charge in [0.15, 0.2) is 0 Å². The zero-order valence-electron chi connectivity index (χ0n) is 17.3. The van der Waals surface area contributed by atoms with Crippen LogP contribution in [0.1, 0.15) is 49.2 Å². The Hall–Kier alpha value is -2.85. The SMILES string of the molecule is CC(C)C(=O)NCc1ccc(F)c(C2NC(=O)CC(c3ccc(OC(F)F)nc3)N2)c1Cl. The number of nitrogens with one attached hydrogen (secondary N) is 3. The van der Waals surface area contributed by atoms with Gasteiger partial charge in [-0.25, -0.2) is 9.37 Å². The molecule has 3 N–H and O–H groups in total. The van der Waals surface area contributed by atoms with Crippen LogP contribution in [0, 0.1) is 11.7 Å². The summed E-state index contributed by atoms with van der Waals surface area (Å²) >= 11 is 6.44. The van der Waals surface area contributed by atoms with Crippen LogP contribution in [0.5, 0.6) is 5.88 Å². The quantitative estimate of drug-likeness (QED) is 0.575. The van der Waals surface area contributed by atoms with Gasteiger partial charge in [-0.05, 0) is 17.2 Å². The number of ether oxygens (including phenoxy) is 1. The predicted octanol–water partition coefficient (Wildman–Crippen LogP) is 3.60. The standard InChI is InChI=1S/C21H22ClF3N4O3/c1-10(2)20(31)27-9-12-3-5-13(23)17(18(12)22)19-28-14(7-15(30)29-19)11-4-6-16(26-8-11)32-21(24)25/h3-6,8,10,14,19,21,28H,7,9H2,1-2H3,(H,27,31)(H,29,30). The summed E-state index contributed by atoms with van der Waals surface area (Å²) in [5.74, 6) is -1.65. The van der Waals surface area contributed by atoms with Crippen LogP contribution in [-0.2, 0) is 16.1 Å². The summed E-state index contributed by atoms with van der Waals surface area (Å²) < 4.78 is 43.6. The van der Waals surface area contributed by atoms with E-state index in [2.05, 4.69) is 25.7 Å². The van der Waals surface area contributed by atoms with Crippen LogP contribution in [0.3, 0.4) is 0 Å². The van der Waals surface area contributed by atoms with Crippen LogP contribution in [0.15, 0.2) is 30.5 Å². The number of amides is 2. The van der Waals surface area contributed by atoms with E-state index in [0.717, 1.165) is 0 Å². The number of aromatic nitrogens is 1. The number of alkyl halides is 2. The molecule has 2 amide bonds. The number of benzene rings is 1. The van der Waals surface area contributed by atoms with E-state index >= 15 is 0 Å². The van der Waals surface area contributed by atoms with E-state index in [-0.39, 0.29) is 47.2 Å². The summed E-state index contributed by atoms with van der Waals surface area (Å²) in [5, 5.41) is 8.55. The molecule has 11 heteroatoms. The zero-order chi connectivity index (χ0) is 23.4. The normalized spacial score (nSPS) is 18.6. The van der Waals surface area contributed by atoms with Crippen molar-refractivity contribution in [2.75, 3.05) is 0 Å². The Morgan fingerprint density at radius 2 is 2.06 bits per heavy atom. The van der Waals surface area contributed by atoms with Crippen molar-refractivity contribution in [2.24, 2.45) is 5.92 Å². The first-order chi connectivity index (χ1) is 15.2. The van der Waals surface area contributed by atoms with Crippen LogP contribution >= 0.6 is 11.6 Å². The fourth-order valence-electron chi connectivity index (χ4n) is 3.24. The monoisotopic (exact) mass is 470 g/mol. The summed E-state index contributed by atoms with van der Waals surface area (Å²) in [6, 6.07) is 4.87. The smallest absolute Gasteiger partial charge is 0.388 e. The van der Waals surface area contributed by atoms with Crippen molar-refractivity contribution in [2.45, 2.75) is 45.6 Å². The highest BCUT2D eigenvalue weighted by Gasteiger charge is 2.31. The summed E-state index contributed by atoms with van der Waals surface area (Å²) in [6.45, 7) is 0.590. The van der Waals surface area contributed by atoms with Gasteiger partial charge in [0.25, 0.3) is 0 Å².